The number of ether oxygens (including phenoxy) is 1. The minimum Gasteiger partial charge on any atom is -0.378 e. The second kappa shape index (κ2) is 4.47. The zero-order valence-corrected chi connectivity index (χ0v) is 9.74. The van der Waals surface area contributed by atoms with Gasteiger partial charge >= 0.3 is 0 Å². The fourth-order valence-corrected chi connectivity index (χ4v) is 2.38. The van der Waals surface area contributed by atoms with Crippen molar-refractivity contribution in [2.75, 3.05) is 26.3 Å². The molecule has 4 heteroatoms. The number of rotatable bonds is 1. The Labute approximate surface area is 101 Å². The Morgan fingerprint density at radius 2 is 1.94 bits per heavy atom. The van der Waals surface area contributed by atoms with E-state index < -0.39 is 0 Å². The summed E-state index contributed by atoms with van der Waals surface area (Å²) in [5.41, 5.74) is 3.36. The molecule has 2 aliphatic heterocycles. The molecule has 0 atom stereocenters. The number of carbonyl (C=O) groups is 1. The van der Waals surface area contributed by atoms with Crippen molar-refractivity contribution in [3.8, 4) is 0 Å². The highest BCUT2D eigenvalue weighted by Crippen LogP contribution is 2.18. The van der Waals surface area contributed by atoms with Crippen LogP contribution >= 0.6 is 0 Å². The summed E-state index contributed by atoms with van der Waals surface area (Å²) in [5, 5.41) is 3.29. The molecule has 2 heterocycles. The van der Waals surface area contributed by atoms with Crippen LogP contribution in [0.2, 0.25) is 0 Å². The molecule has 1 N–H and O–H groups in total. The molecule has 17 heavy (non-hydrogen) atoms. The molecule has 1 saturated heterocycles. The van der Waals surface area contributed by atoms with Crippen LogP contribution in [0.3, 0.4) is 0 Å². The molecule has 0 spiro atoms. The van der Waals surface area contributed by atoms with Crippen LogP contribution in [0.15, 0.2) is 18.2 Å². The first-order valence-electron chi connectivity index (χ1n) is 6.04. The largest absolute Gasteiger partial charge is 0.378 e. The minimum absolute atomic E-state index is 0.128. The molecular weight excluding hydrogens is 216 g/mol. The molecule has 0 aromatic heterocycles. The Bertz CT molecular complexity index is 439. The maximum absolute atomic E-state index is 12.2. The molecule has 0 bridgehead atoms. The summed E-state index contributed by atoms with van der Waals surface area (Å²) in [6.45, 7) is 4.50. The molecule has 0 radical (unpaired) electrons. The number of nitrogens with zero attached hydrogens (tertiary/aromatic N) is 1. The van der Waals surface area contributed by atoms with Crippen LogP contribution in [0.25, 0.3) is 0 Å². The van der Waals surface area contributed by atoms with Gasteiger partial charge in [-0.3, -0.25) is 4.79 Å². The molecule has 3 rings (SSSR count). The van der Waals surface area contributed by atoms with E-state index in [1.807, 2.05) is 17.0 Å². The van der Waals surface area contributed by atoms with E-state index in [0.29, 0.717) is 26.3 Å². The zero-order chi connectivity index (χ0) is 11.7. The molecule has 1 fully saturated rings. The fraction of sp³-hybridized carbons (Fsp3) is 0.462. The molecular formula is C13H16N2O2. The highest BCUT2D eigenvalue weighted by molar-refractivity contribution is 5.94. The van der Waals surface area contributed by atoms with E-state index in [4.69, 9.17) is 4.74 Å². The third-order valence-corrected chi connectivity index (χ3v) is 3.38. The topological polar surface area (TPSA) is 41.6 Å². The lowest BCUT2D eigenvalue weighted by Crippen LogP contribution is -2.40. The number of benzene rings is 1. The molecule has 1 aromatic carbocycles. The van der Waals surface area contributed by atoms with E-state index >= 15 is 0 Å². The lowest BCUT2D eigenvalue weighted by molar-refractivity contribution is 0.0303. The molecule has 0 aliphatic carbocycles. The van der Waals surface area contributed by atoms with E-state index in [0.717, 1.165) is 18.7 Å². The van der Waals surface area contributed by atoms with Crippen LogP contribution in [0.4, 0.5) is 0 Å². The van der Waals surface area contributed by atoms with Crippen molar-refractivity contribution in [3.63, 3.8) is 0 Å². The molecule has 90 valence electrons. The second-order valence-corrected chi connectivity index (χ2v) is 4.49. The Morgan fingerprint density at radius 1 is 1.18 bits per heavy atom. The minimum atomic E-state index is 0.128. The Hall–Kier alpha value is -1.39. The molecule has 0 saturated carbocycles. The van der Waals surface area contributed by atoms with Crippen molar-refractivity contribution in [1.82, 2.24) is 10.2 Å². The molecule has 1 aromatic rings. The average molecular weight is 232 g/mol. The molecule has 4 nitrogen and oxygen atoms in total. The quantitative estimate of drug-likeness (QED) is 0.777. The monoisotopic (exact) mass is 232 g/mol. The Balaban J connectivity index is 1.81. The van der Waals surface area contributed by atoms with E-state index in [1.54, 1.807) is 0 Å². The standard InChI is InChI=1S/C13H16N2O2/c16-13(15-3-5-17-6-4-15)10-1-2-11-8-14-9-12(11)7-10/h1-2,7,14H,3-6,8-9H2. The smallest absolute Gasteiger partial charge is 0.254 e. The summed E-state index contributed by atoms with van der Waals surface area (Å²) in [6.07, 6.45) is 0. The van der Waals surface area contributed by atoms with E-state index in [1.165, 1.54) is 11.1 Å². The Morgan fingerprint density at radius 3 is 2.76 bits per heavy atom. The van der Waals surface area contributed by atoms with Gasteiger partial charge in [-0.05, 0) is 23.3 Å². The Kier molecular flexibility index (Phi) is 2.82. The lowest BCUT2D eigenvalue weighted by Gasteiger charge is -2.27. The maximum atomic E-state index is 12.2. The van der Waals surface area contributed by atoms with E-state index in [2.05, 4.69) is 11.4 Å². The van der Waals surface area contributed by atoms with Gasteiger partial charge in [-0.2, -0.15) is 0 Å². The van der Waals surface area contributed by atoms with Gasteiger partial charge in [-0.1, -0.05) is 6.07 Å². The number of hydrogen-bond acceptors (Lipinski definition) is 3. The van der Waals surface area contributed by atoms with Crippen LogP contribution in [-0.2, 0) is 17.8 Å². The SMILES string of the molecule is O=C(c1ccc2c(c1)CNC2)N1CCOCC1. The van der Waals surface area contributed by atoms with Gasteiger partial charge in [0.2, 0.25) is 0 Å². The number of amides is 1. The van der Waals surface area contributed by atoms with Crippen LogP contribution < -0.4 is 5.32 Å². The first-order valence-corrected chi connectivity index (χ1v) is 6.04. The summed E-state index contributed by atoms with van der Waals surface area (Å²) < 4.78 is 5.26. The van der Waals surface area contributed by atoms with Crippen molar-refractivity contribution in [3.05, 3.63) is 34.9 Å². The van der Waals surface area contributed by atoms with Crippen LogP contribution in [-0.4, -0.2) is 37.1 Å². The van der Waals surface area contributed by atoms with Gasteiger partial charge in [0, 0.05) is 31.7 Å². The highest BCUT2D eigenvalue weighted by atomic mass is 16.5. The molecule has 2 aliphatic rings. The fourth-order valence-electron chi connectivity index (χ4n) is 2.38. The number of hydrogen-bond donors (Lipinski definition) is 1. The van der Waals surface area contributed by atoms with Gasteiger partial charge < -0.3 is 15.0 Å². The summed E-state index contributed by atoms with van der Waals surface area (Å²) >= 11 is 0. The molecule has 1 amide bonds. The number of nitrogens with one attached hydrogen (secondary N) is 1. The number of carbonyl (C=O) groups excluding carboxylic acids is 1. The first-order chi connectivity index (χ1) is 8.34. The van der Waals surface area contributed by atoms with Gasteiger partial charge in [-0.15, -0.1) is 0 Å². The van der Waals surface area contributed by atoms with Crippen LogP contribution in [0.5, 0.6) is 0 Å². The van der Waals surface area contributed by atoms with E-state index in [9.17, 15) is 4.79 Å². The lowest BCUT2D eigenvalue weighted by atomic mass is 10.1. The van der Waals surface area contributed by atoms with Gasteiger partial charge in [0.1, 0.15) is 0 Å². The second-order valence-electron chi connectivity index (χ2n) is 4.49. The predicted octanol–water partition coefficient (Wildman–Crippen LogP) is 0.762. The normalized spacial score (nSPS) is 19.2. The third-order valence-electron chi connectivity index (χ3n) is 3.38. The van der Waals surface area contributed by atoms with Crippen molar-refractivity contribution in [2.24, 2.45) is 0 Å². The van der Waals surface area contributed by atoms with Crippen molar-refractivity contribution in [1.29, 1.82) is 0 Å². The third kappa shape index (κ3) is 2.06. The average Bonchev–Trinajstić information content (AvgIpc) is 2.86. The van der Waals surface area contributed by atoms with Crippen LogP contribution in [0, 0.1) is 0 Å². The van der Waals surface area contributed by atoms with Crippen molar-refractivity contribution < 1.29 is 9.53 Å². The van der Waals surface area contributed by atoms with Crippen molar-refractivity contribution >= 4 is 5.91 Å². The van der Waals surface area contributed by atoms with Gasteiger partial charge in [-0.25, -0.2) is 0 Å². The maximum Gasteiger partial charge on any atom is 0.254 e. The summed E-state index contributed by atoms with van der Waals surface area (Å²) in [6, 6.07) is 6.01. The first kappa shape index (κ1) is 10.7. The summed E-state index contributed by atoms with van der Waals surface area (Å²) in [7, 11) is 0. The van der Waals surface area contributed by atoms with Gasteiger partial charge in [0.25, 0.3) is 5.91 Å². The summed E-state index contributed by atoms with van der Waals surface area (Å²) in [5.74, 6) is 0.128. The number of morpholine rings is 1. The van der Waals surface area contributed by atoms with E-state index in [-0.39, 0.29) is 5.91 Å². The van der Waals surface area contributed by atoms with Gasteiger partial charge in [0.05, 0.1) is 13.2 Å². The summed E-state index contributed by atoms with van der Waals surface area (Å²) in [4.78, 5) is 14.1. The zero-order valence-electron chi connectivity index (χ0n) is 9.74. The highest BCUT2D eigenvalue weighted by Gasteiger charge is 2.20. The van der Waals surface area contributed by atoms with Crippen LogP contribution in [0.1, 0.15) is 21.5 Å². The van der Waals surface area contributed by atoms with Gasteiger partial charge in [0.15, 0.2) is 0 Å². The predicted molar refractivity (Wildman–Crippen MR) is 63.7 cm³/mol. The molecule has 0 unspecified atom stereocenters. The van der Waals surface area contributed by atoms with Crippen molar-refractivity contribution in [2.45, 2.75) is 13.1 Å². The number of fused-ring (bicyclic) bond motifs is 1.